The standard InChI is InChI=1S/C38H26N4O/c1-2-9-23(10-3-1)36-40-37(30-15-8-16-33-35(30)32-19-24-17-18-39-22-26(24)21-34(32)43-33)42-38(41-36)31-20-25-11-4-5-12-27(25)28-13-6-7-14-29(28)31/h1-22,36,38,41H,(H,40,42). The van der Waals surface area contributed by atoms with E-state index in [9.17, 15) is 0 Å². The second-order valence-corrected chi connectivity index (χ2v) is 11.1. The third-order valence-corrected chi connectivity index (χ3v) is 8.60. The minimum Gasteiger partial charge on any atom is -0.456 e. The lowest BCUT2D eigenvalue weighted by molar-refractivity contribution is 0.411. The minimum absolute atomic E-state index is 0.187. The number of nitrogens with zero attached hydrogens (tertiary/aromatic N) is 2. The molecule has 2 unspecified atom stereocenters. The molecule has 0 fully saturated rings. The molecule has 5 nitrogen and oxygen atoms in total. The Kier molecular flexibility index (Phi) is 5.33. The van der Waals surface area contributed by atoms with Crippen LogP contribution in [0.2, 0.25) is 0 Å². The Morgan fingerprint density at radius 1 is 0.605 bits per heavy atom. The summed E-state index contributed by atoms with van der Waals surface area (Å²) in [6.45, 7) is 0. The van der Waals surface area contributed by atoms with Crippen molar-refractivity contribution in [3.8, 4) is 0 Å². The van der Waals surface area contributed by atoms with Crippen LogP contribution >= 0.6 is 0 Å². The fourth-order valence-corrected chi connectivity index (χ4v) is 6.59. The lowest BCUT2D eigenvalue weighted by atomic mass is 9.94. The number of nitrogens with one attached hydrogen (secondary N) is 2. The molecule has 5 heteroatoms. The smallest absolute Gasteiger partial charge is 0.136 e. The van der Waals surface area contributed by atoms with Gasteiger partial charge in [0, 0.05) is 34.1 Å². The van der Waals surface area contributed by atoms with Crippen LogP contribution in [0.4, 0.5) is 0 Å². The van der Waals surface area contributed by atoms with Gasteiger partial charge in [0.25, 0.3) is 0 Å². The zero-order valence-corrected chi connectivity index (χ0v) is 23.2. The van der Waals surface area contributed by atoms with E-state index in [1.807, 2.05) is 36.7 Å². The molecule has 0 amide bonds. The number of hydrogen-bond donors (Lipinski definition) is 2. The van der Waals surface area contributed by atoms with Crippen LogP contribution in [0, 0.1) is 0 Å². The molecule has 0 aliphatic carbocycles. The minimum atomic E-state index is -0.243. The topological polar surface area (TPSA) is 62.5 Å². The van der Waals surface area contributed by atoms with Crippen LogP contribution in [0.15, 0.2) is 143 Å². The summed E-state index contributed by atoms with van der Waals surface area (Å²) in [5.74, 6) is 0.831. The molecule has 0 bridgehead atoms. The SMILES string of the molecule is c1ccc(C2N=C(c3cccc4oc5cc6cnccc6cc5c34)NC(c3cc4ccccc4c4ccccc34)N2)cc1. The normalized spacial score (nSPS) is 17.1. The number of aliphatic imine (C=N–C) groups is 1. The highest BCUT2D eigenvalue weighted by molar-refractivity contribution is 6.20. The Hall–Kier alpha value is -5.52. The fourth-order valence-electron chi connectivity index (χ4n) is 6.59. The van der Waals surface area contributed by atoms with E-state index in [2.05, 4.69) is 113 Å². The van der Waals surface area contributed by atoms with E-state index in [1.165, 1.54) is 27.1 Å². The lowest BCUT2D eigenvalue weighted by Gasteiger charge is -2.33. The number of benzene rings is 6. The molecule has 1 aliphatic rings. The quantitative estimate of drug-likeness (QED) is 0.214. The second-order valence-electron chi connectivity index (χ2n) is 11.1. The van der Waals surface area contributed by atoms with Gasteiger partial charge in [-0.3, -0.25) is 10.3 Å². The van der Waals surface area contributed by atoms with E-state index in [4.69, 9.17) is 9.41 Å². The molecule has 6 aromatic carbocycles. The number of furan rings is 1. The molecular formula is C38H26N4O. The predicted octanol–water partition coefficient (Wildman–Crippen LogP) is 8.78. The Morgan fingerprint density at radius 3 is 2.33 bits per heavy atom. The van der Waals surface area contributed by atoms with E-state index >= 15 is 0 Å². The molecule has 0 spiro atoms. The van der Waals surface area contributed by atoms with Crippen molar-refractivity contribution in [2.75, 3.05) is 0 Å². The molecule has 8 aromatic rings. The van der Waals surface area contributed by atoms with Crippen molar-refractivity contribution in [1.82, 2.24) is 15.6 Å². The average Bonchev–Trinajstić information content (AvgIpc) is 3.44. The highest BCUT2D eigenvalue weighted by Crippen LogP contribution is 2.37. The Labute approximate surface area is 247 Å². The first kappa shape index (κ1) is 24.1. The zero-order valence-electron chi connectivity index (χ0n) is 23.2. The van der Waals surface area contributed by atoms with Crippen LogP contribution in [-0.2, 0) is 0 Å². The molecule has 0 radical (unpaired) electrons. The van der Waals surface area contributed by atoms with Gasteiger partial charge in [0.05, 0.1) is 0 Å². The highest BCUT2D eigenvalue weighted by Gasteiger charge is 2.28. The molecule has 9 rings (SSSR count). The summed E-state index contributed by atoms with van der Waals surface area (Å²) in [7, 11) is 0. The third-order valence-electron chi connectivity index (χ3n) is 8.60. The largest absolute Gasteiger partial charge is 0.456 e. The molecule has 2 atom stereocenters. The first-order chi connectivity index (χ1) is 21.3. The van der Waals surface area contributed by atoms with Crippen molar-refractivity contribution < 1.29 is 4.42 Å². The number of rotatable bonds is 3. The molecule has 0 saturated carbocycles. The molecular weight excluding hydrogens is 528 g/mol. The number of hydrogen-bond acceptors (Lipinski definition) is 5. The molecule has 0 saturated heterocycles. The van der Waals surface area contributed by atoms with Crippen molar-refractivity contribution >= 4 is 60.1 Å². The summed E-state index contributed by atoms with van der Waals surface area (Å²) in [6, 6.07) is 42.6. The van der Waals surface area contributed by atoms with E-state index in [-0.39, 0.29) is 12.3 Å². The van der Waals surface area contributed by atoms with Gasteiger partial charge in [0.2, 0.25) is 0 Å². The summed E-state index contributed by atoms with van der Waals surface area (Å²) in [5, 5.41) is 16.9. The molecule has 2 aromatic heterocycles. The first-order valence-corrected chi connectivity index (χ1v) is 14.6. The first-order valence-electron chi connectivity index (χ1n) is 14.6. The van der Waals surface area contributed by atoms with Gasteiger partial charge in [0.1, 0.15) is 29.3 Å². The van der Waals surface area contributed by atoms with Crippen molar-refractivity contribution in [2.24, 2.45) is 4.99 Å². The van der Waals surface area contributed by atoms with Gasteiger partial charge in [-0.15, -0.1) is 0 Å². The van der Waals surface area contributed by atoms with E-state index in [1.54, 1.807) is 0 Å². The third kappa shape index (κ3) is 3.90. The fraction of sp³-hybridized carbons (Fsp3) is 0.0526. The van der Waals surface area contributed by atoms with Gasteiger partial charge in [-0.05, 0) is 68.4 Å². The van der Waals surface area contributed by atoms with Crippen LogP contribution in [0.3, 0.4) is 0 Å². The van der Waals surface area contributed by atoms with Crippen molar-refractivity contribution in [2.45, 2.75) is 12.3 Å². The maximum Gasteiger partial charge on any atom is 0.136 e. The van der Waals surface area contributed by atoms with Gasteiger partial charge in [-0.1, -0.05) is 91.0 Å². The van der Waals surface area contributed by atoms with Crippen LogP contribution < -0.4 is 10.6 Å². The summed E-state index contributed by atoms with van der Waals surface area (Å²) in [4.78, 5) is 9.58. The lowest BCUT2D eigenvalue weighted by Crippen LogP contribution is -2.45. The predicted molar refractivity (Wildman–Crippen MR) is 175 cm³/mol. The molecule has 2 N–H and O–H groups in total. The summed E-state index contributed by atoms with van der Waals surface area (Å²) in [6.07, 6.45) is 3.28. The molecule has 3 heterocycles. The summed E-state index contributed by atoms with van der Waals surface area (Å²) >= 11 is 0. The monoisotopic (exact) mass is 554 g/mol. The maximum absolute atomic E-state index is 6.39. The Bertz CT molecular complexity index is 2370. The van der Waals surface area contributed by atoms with Crippen LogP contribution in [0.25, 0.3) is 54.3 Å². The maximum atomic E-state index is 6.39. The number of aromatic nitrogens is 1. The summed E-state index contributed by atoms with van der Waals surface area (Å²) < 4.78 is 6.39. The van der Waals surface area contributed by atoms with Crippen LogP contribution in [-0.4, -0.2) is 10.8 Å². The molecule has 204 valence electrons. The number of pyridine rings is 1. The van der Waals surface area contributed by atoms with Gasteiger partial charge < -0.3 is 9.73 Å². The van der Waals surface area contributed by atoms with E-state index in [0.29, 0.717) is 0 Å². The van der Waals surface area contributed by atoms with Gasteiger partial charge in [-0.25, -0.2) is 4.99 Å². The van der Waals surface area contributed by atoms with E-state index in [0.717, 1.165) is 49.7 Å². The Balaban J connectivity index is 1.27. The van der Waals surface area contributed by atoms with Gasteiger partial charge in [0.15, 0.2) is 0 Å². The second kappa shape index (κ2) is 9.51. The average molecular weight is 555 g/mol. The van der Waals surface area contributed by atoms with Crippen LogP contribution in [0.1, 0.15) is 29.0 Å². The molecule has 43 heavy (non-hydrogen) atoms. The van der Waals surface area contributed by atoms with Gasteiger partial charge in [-0.2, -0.15) is 0 Å². The van der Waals surface area contributed by atoms with Crippen molar-refractivity contribution in [3.63, 3.8) is 0 Å². The summed E-state index contributed by atoms with van der Waals surface area (Å²) in [5.41, 5.74) is 4.99. The van der Waals surface area contributed by atoms with Crippen molar-refractivity contribution in [1.29, 1.82) is 0 Å². The number of amidine groups is 1. The van der Waals surface area contributed by atoms with Crippen LogP contribution in [0.5, 0.6) is 0 Å². The number of fused-ring (bicyclic) bond motifs is 7. The van der Waals surface area contributed by atoms with Gasteiger partial charge >= 0.3 is 0 Å². The highest BCUT2D eigenvalue weighted by atomic mass is 16.3. The van der Waals surface area contributed by atoms with Crippen molar-refractivity contribution in [3.05, 3.63) is 150 Å². The zero-order chi connectivity index (χ0) is 28.3. The van der Waals surface area contributed by atoms with E-state index < -0.39 is 0 Å². The Morgan fingerprint density at radius 2 is 1.42 bits per heavy atom. The molecule has 1 aliphatic heterocycles.